The van der Waals surface area contributed by atoms with E-state index < -0.39 is 0 Å². The van der Waals surface area contributed by atoms with Crippen LogP contribution in [0, 0.1) is 5.82 Å². The van der Waals surface area contributed by atoms with Crippen LogP contribution >= 0.6 is 11.6 Å². The second-order valence-corrected chi connectivity index (χ2v) is 8.46. The molecule has 2 aromatic heterocycles. The highest BCUT2D eigenvalue weighted by molar-refractivity contribution is 6.31. The zero-order valence-electron chi connectivity index (χ0n) is 18.2. The number of furan rings is 1. The molecule has 0 spiro atoms. The Balaban J connectivity index is 1.42. The number of rotatable bonds is 6. The van der Waals surface area contributed by atoms with Crippen LogP contribution in [-0.2, 0) is 6.54 Å². The maximum absolute atomic E-state index is 13.4. The van der Waals surface area contributed by atoms with Crippen molar-refractivity contribution in [1.29, 1.82) is 0 Å². The molecule has 0 aliphatic carbocycles. The number of piperazine rings is 1. The molecule has 1 saturated heterocycles. The van der Waals surface area contributed by atoms with E-state index >= 15 is 0 Å². The third-order valence-electron chi connectivity index (χ3n) is 5.95. The van der Waals surface area contributed by atoms with E-state index in [9.17, 15) is 9.18 Å². The number of hydrogen-bond donors (Lipinski definition) is 0. The summed E-state index contributed by atoms with van der Waals surface area (Å²) in [5, 5.41) is 13.1. The van der Waals surface area contributed by atoms with E-state index in [0.717, 1.165) is 11.1 Å². The first kappa shape index (κ1) is 22.2. The highest BCUT2D eigenvalue weighted by atomic mass is 35.5. The van der Waals surface area contributed by atoms with Gasteiger partial charge in [0.05, 0.1) is 18.8 Å². The Bertz CT molecular complexity index is 1250. The molecule has 0 radical (unpaired) electrons. The van der Waals surface area contributed by atoms with Crippen LogP contribution in [0.25, 0.3) is 0 Å². The van der Waals surface area contributed by atoms with Gasteiger partial charge in [-0.2, -0.15) is 0 Å². The number of aromatic nitrogens is 4. The van der Waals surface area contributed by atoms with Gasteiger partial charge in [0, 0.05) is 31.2 Å². The number of benzene rings is 2. The maximum atomic E-state index is 13.4. The van der Waals surface area contributed by atoms with Crippen LogP contribution in [0.3, 0.4) is 0 Å². The van der Waals surface area contributed by atoms with E-state index in [1.165, 1.54) is 18.4 Å². The molecule has 2 aromatic carbocycles. The molecule has 5 rings (SSSR count). The Morgan fingerprint density at radius 3 is 2.50 bits per heavy atom. The highest BCUT2D eigenvalue weighted by Gasteiger charge is 2.33. The van der Waals surface area contributed by atoms with Crippen molar-refractivity contribution in [1.82, 2.24) is 30.0 Å². The number of tetrazole rings is 1. The van der Waals surface area contributed by atoms with Crippen LogP contribution in [0.1, 0.15) is 33.5 Å². The summed E-state index contributed by atoms with van der Waals surface area (Å²) in [5.41, 5.74) is 1.76. The zero-order chi connectivity index (χ0) is 23.5. The number of halogens is 2. The smallest absolute Gasteiger partial charge is 0.289 e. The summed E-state index contributed by atoms with van der Waals surface area (Å²) in [4.78, 5) is 16.7. The molecule has 3 heterocycles. The van der Waals surface area contributed by atoms with Gasteiger partial charge in [0.15, 0.2) is 11.6 Å². The van der Waals surface area contributed by atoms with Gasteiger partial charge in [-0.05, 0) is 51.9 Å². The normalized spacial score (nSPS) is 15.4. The molecule has 10 heteroatoms. The van der Waals surface area contributed by atoms with Gasteiger partial charge < -0.3 is 9.32 Å². The Morgan fingerprint density at radius 2 is 1.79 bits per heavy atom. The van der Waals surface area contributed by atoms with Gasteiger partial charge in [-0.1, -0.05) is 41.9 Å². The van der Waals surface area contributed by atoms with Crippen molar-refractivity contribution in [2.24, 2.45) is 0 Å². The molecule has 8 nitrogen and oxygen atoms in total. The topological polar surface area (TPSA) is 80.3 Å². The number of carbonyl (C=O) groups excluding carboxylic acids is 1. The molecule has 0 bridgehead atoms. The lowest BCUT2D eigenvalue weighted by Crippen LogP contribution is -2.50. The van der Waals surface area contributed by atoms with Gasteiger partial charge in [0.1, 0.15) is 5.82 Å². The number of hydrogen-bond acceptors (Lipinski definition) is 6. The molecular weight excluding hydrogens is 459 g/mol. The van der Waals surface area contributed by atoms with E-state index in [2.05, 4.69) is 20.4 Å². The summed E-state index contributed by atoms with van der Waals surface area (Å²) in [7, 11) is 0. The summed E-state index contributed by atoms with van der Waals surface area (Å²) < 4.78 is 20.3. The molecular formula is C24H22ClFN6O2. The van der Waals surface area contributed by atoms with Crippen molar-refractivity contribution in [3.05, 3.63) is 100 Å². The number of nitrogens with zero attached hydrogens (tertiary/aromatic N) is 6. The highest BCUT2D eigenvalue weighted by Crippen LogP contribution is 2.33. The van der Waals surface area contributed by atoms with E-state index in [4.69, 9.17) is 16.0 Å². The van der Waals surface area contributed by atoms with Crippen LogP contribution in [0.4, 0.5) is 4.39 Å². The second-order valence-electron chi connectivity index (χ2n) is 8.05. The first-order valence-electron chi connectivity index (χ1n) is 10.9. The van der Waals surface area contributed by atoms with Gasteiger partial charge in [0.2, 0.25) is 0 Å². The molecule has 0 N–H and O–H groups in total. The second kappa shape index (κ2) is 9.74. The van der Waals surface area contributed by atoms with Crippen molar-refractivity contribution in [2.45, 2.75) is 12.6 Å². The molecule has 4 aromatic rings. The lowest BCUT2D eigenvalue weighted by Gasteiger charge is -2.38. The Hall–Kier alpha value is -3.56. The minimum Gasteiger partial charge on any atom is -0.459 e. The number of amides is 1. The van der Waals surface area contributed by atoms with Crippen LogP contribution in [0.15, 0.2) is 71.3 Å². The van der Waals surface area contributed by atoms with Gasteiger partial charge in [-0.25, -0.2) is 9.07 Å². The molecule has 1 aliphatic rings. The monoisotopic (exact) mass is 480 g/mol. The summed E-state index contributed by atoms with van der Waals surface area (Å²) in [6, 6.07) is 16.9. The molecule has 174 valence electrons. The van der Waals surface area contributed by atoms with Gasteiger partial charge >= 0.3 is 0 Å². The molecule has 0 unspecified atom stereocenters. The molecule has 1 amide bonds. The lowest BCUT2D eigenvalue weighted by atomic mass is 10.0. The van der Waals surface area contributed by atoms with Crippen LogP contribution < -0.4 is 0 Å². The van der Waals surface area contributed by atoms with E-state index in [-0.39, 0.29) is 17.8 Å². The van der Waals surface area contributed by atoms with Crippen LogP contribution in [-0.4, -0.2) is 62.1 Å². The minimum atomic E-state index is -0.315. The largest absolute Gasteiger partial charge is 0.459 e. The quantitative estimate of drug-likeness (QED) is 0.419. The molecule has 1 aliphatic heterocycles. The third-order valence-corrected chi connectivity index (χ3v) is 6.29. The third kappa shape index (κ3) is 4.57. The van der Waals surface area contributed by atoms with Crippen molar-refractivity contribution >= 4 is 17.5 Å². The van der Waals surface area contributed by atoms with Crippen molar-refractivity contribution in [3.8, 4) is 0 Å². The Labute approximate surface area is 200 Å². The summed E-state index contributed by atoms with van der Waals surface area (Å²) in [6.45, 7) is 2.65. The summed E-state index contributed by atoms with van der Waals surface area (Å²) in [5.74, 6) is 0.541. The molecule has 1 fully saturated rings. The summed E-state index contributed by atoms with van der Waals surface area (Å²) in [6.07, 6.45) is 1.50. The fourth-order valence-corrected chi connectivity index (χ4v) is 4.46. The van der Waals surface area contributed by atoms with E-state index in [1.807, 2.05) is 24.3 Å². The Kier molecular flexibility index (Phi) is 6.37. The van der Waals surface area contributed by atoms with Gasteiger partial charge in [-0.3, -0.25) is 9.69 Å². The average molecular weight is 481 g/mol. The zero-order valence-corrected chi connectivity index (χ0v) is 19.0. The fraction of sp³-hybridized carbons (Fsp3) is 0.250. The average Bonchev–Trinajstić information content (AvgIpc) is 3.55. The van der Waals surface area contributed by atoms with Crippen molar-refractivity contribution < 1.29 is 13.6 Å². The number of carbonyl (C=O) groups is 1. The minimum absolute atomic E-state index is 0.125. The summed E-state index contributed by atoms with van der Waals surface area (Å²) >= 11 is 6.61. The van der Waals surface area contributed by atoms with Gasteiger partial charge in [0.25, 0.3) is 5.91 Å². The lowest BCUT2D eigenvalue weighted by molar-refractivity contribution is 0.0559. The van der Waals surface area contributed by atoms with E-state index in [0.29, 0.717) is 49.3 Å². The van der Waals surface area contributed by atoms with E-state index in [1.54, 1.807) is 33.8 Å². The predicted octanol–water partition coefficient (Wildman–Crippen LogP) is 3.65. The first-order valence-corrected chi connectivity index (χ1v) is 11.3. The first-order chi connectivity index (χ1) is 16.6. The van der Waals surface area contributed by atoms with Gasteiger partial charge in [-0.15, -0.1) is 5.10 Å². The maximum Gasteiger partial charge on any atom is 0.289 e. The van der Waals surface area contributed by atoms with Crippen LogP contribution in [0.5, 0.6) is 0 Å². The fourth-order valence-electron chi connectivity index (χ4n) is 4.22. The molecule has 0 saturated carbocycles. The SMILES string of the molecule is O=C(c1ccco1)N1CCN([C@@H](c2ccccc2Cl)c2nnnn2Cc2ccc(F)cc2)CC1. The van der Waals surface area contributed by atoms with Crippen LogP contribution in [0.2, 0.25) is 5.02 Å². The molecule has 1 atom stereocenters. The predicted molar refractivity (Wildman–Crippen MR) is 123 cm³/mol. The van der Waals surface area contributed by atoms with Crippen molar-refractivity contribution in [3.63, 3.8) is 0 Å². The standard InChI is InChI=1S/C24H22ClFN6O2/c25-20-5-2-1-4-19(20)22(23-27-28-29-32(23)16-17-7-9-18(26)10-8-17)30-11-13-31(14-12-30)24(33)21-6-3-15-34-21/h1-10,15,22H,11-14,16H2/t22-/m0/s1. The molecule has 34 heavy (non-hydrogen) atoms. The van der Waals surface area contributed by atoms with Crippen molar-refractivity contribution in [2.75, 3.05) is 26.2 Å². The Morgan fingerprint density at radius 1 is 1.03 bits per heavy atom.